The summed E-state index contributed by atoms with van der Waals surface area (Å²) in [5.41, 5.74) is 0. The lowest BCUT2D eigenvalue weighted by molar-refractivity contribution is -0.116. The molecule has 4 nitrogen and oxygen atoms in total. The Morgan fingerprint density at radius 3 is 3.21 bits per heavy atom. The Balaban J connectivity index is 2.44. The van der Waals surface area contributed by atoms with Gasteiger partial charge in [0.2, 0.25) is 5.91 Å². The molecule has 74 valence electrons. The van der Waals surface area contributed by atoms with Crippen molar-refractivity contribution in [3.63, 3.8) is 0 Å². The van der Waals surface area contributed by atoms with Gasteiger partial charge in [-0.3, -0.25) is 9.69 Å². The van der Waals surface area contributed by atoms with Crippen molar-refractivity contribution in [1.29, 1.82) is 0 Å². The molecule has 14 heavy (non-hydrogen) atoms. The summed E-state index contributed by atoms with van der Waals surface area (Å²) >= 11 is 3.30. The highest BCUT2D eigenvalue weighted by Gasteiger charge is 2.22. The molecule has 0 aromatic carbocycles. The van der Waals surface area contributed by atoms with Gasteiger partial charge in [0.25, 0.3) is 0 Å². The van der Waals surface area contributed by atoms with Crippen LogP contribution in [0.25, 0.3) is 0 Å². The molecule has 0 spiro atoms. The zero-order valence-electron chi connectivity index (χ0n) is 7.66. The quantitative estimate of drug-likeness (QED) is 0.708. The zero-order chi connectivity index (χ0) is 10.1. The maximum atomic E-state index is 11.3. The fourth-order valence-electron chi connectivity index (χ4n) is 1.38. The highest BCUT2D eigenvalue weighted by molar-refractivity contribution is 9.10. The number of rotatable bonds is 0. The molecule has 1 aliphatic rings. The van der Waals surface area contributed by atoms with E-state index in [4.69, 9.17) is 4.74 Å². The van der Waals surface area contributed by atoms with E-state index in [0.29, 0.717) is 24.7 Å². The van der Waals surface area contributed by atoms with Crippen molar-refractivity contribution in [3.05, 3.63) is 16.7 Å². The van der Waals surface area contributed by atoms with Gasteiger partial charge in [0.15, 0.2) is 11.6 Å². The molecule has 1 amide bonds. The first kappa shape index (κ1) is 9.45. The normalized spacial score (nSPS) is 14.6. The molecule has 1 aromatic rings. The monoisotopic (exact) mass is 256 g/mol. The van der Waals surface area contributed by atoms with Crippen LogP contribution in [0.1, 0.15) is 6.92 Å². The fraction of sp³-hybridized carbons (Fsp3) is 0.333. The van der Waals surface area contributed by atoms with Crippen LogP contribution in [-0.2, 0) is 4.79 Å². The Kier molecular flexibility index (Phi) is 2.41. The van der Waals surface area contributed by atoms with Gasteiger partial charge in [-0.15, -0.1) is 0 Å². The molecule has 2 heterocycles. The van der Waals surface area contributed by atoms with Gasteiger partial charge in [0.1, 0.15) is 6.61 Å². The highest BCUT2D eigenvalue weighted by atomic mass is 79.9. The minimum absolute atomic E-state index is 0.00984. The standard InChI is InChI=1S/C9H9BrN2O2/c1-6(13)12-2-3-14-8-4-7(10)5-11-9(8)12/h4-5H,2-3H2,1H3. The van der Waals surface area contributed by atoms with Gasteiger partial charge in [-0.25, -0.2) is 4.98 Å². The zero-order valence-corrected chi connectivity index (χ0v) is 9.24. The fourth-order valence-corrected chi connectivity index (χ4v) is 1.69. The smallest absolute Gasteiger partial charge is 0.225 e. The first-order valence-electron chi connectivity index (χ1n) is 4.25. The first-order chi connectivity index (χ1) is 6.68. The minimum atomic E-state index is -0.00984. The van der Waals surface area contributed by atoms with Crippen LogP contribution in [0.2, 0.25) is 0 Å². The van der Waals surface area contributed by atoms with Gasteiger partial charge in [0.05, 0.1) is 6.54 Å². The lowest BCUT2D eigenvalue weighted by Crippen LogP contribution is -2.36. The van der Waals surface area contributed by atoms with Crippen LogP contribution in [0, 0.1) is 0 Å². The number of pyridine rings is 1. The average Bonchev–Trinajstić information content (AvgIpc) is 2.16. The number of halogens is 1. The van der Waals surface area contributed by atoms with Gasteiger partial charge in [-0.1, -0.05) is 0 Å². The second kappa shape index (κ2) is 3.57. The van der Waals surface area contributed by atoms with E-state index in [0.717, 1.165) is 4.47 Å². The van der Waals surface area contributed by atoms with Gasteiger partial charge < -0.3 is 4.74 Å². The van der Waals surface area contributed by atoms with Crippen LogP contribution in [0.4, 0.5) is 5.82 Å². The molecular weight excluding hydrogens is 248 g/mol. The number of carbonyl (C=O) groups excluding carboxylic acids is 1. The molecule has 0 aliphatic carbocycles. The predicted molar refractivity (Wildman–Crippen MR) is 55.5 cm³/mol. The Morgan fingerprint density at radius 2 is 2.50 bits per heavy atom. The summed E-state index contributed by atoms with van der Waals surface area (Å²) in [7, 11) is 0. The summed E-state index contributed by atoms with van der Waals surface area (Å²) in [4.78, 5) is 17.0. The number of nitrogens with zero attached hydrogens (tertiary/aromatic N) is 2. The van der Waals surface area contributed by atoms with Crippen LogP contribution in [-0.4, -0.2) is 24.0 Å². The predicted octanol–water partition coefficient (Wildman–Crippen LogP) is 1.59. The maximum absolute atomic E-state index is 11.3. The Labute approximate surface area is 90.0 Å². The van der Waals surface area contributed by atoms with Crippen LogP contribution in [0.15, 0.2) is 16.7 Å². The van der Waals surface area contributed by atoms with E-state index in [-0.39, 0.29) is 5.91 Å². The third-order valence-electron chi connectivity index (χ3n) is 2.01. The number of anilines is 1. The van der Waals surface area contributed by atoms with Crippen LogP contribution in [0.3, 0.4) is 0 Å². The van der Waals surface area contributed by atoms with Crippen LogP contribution in [0.5, 0.6) is 5.75 Å². The van der Waals surface area contributed by atoms with E-state index in [9.17, 15) is 4.79 Å². The number of ether oxygens (including phenoxy) is 1. The van der Waals surface area contributed by atoms with E-state index < -0.39 is 0 Å². The van der Waals surface area contributed by atoms with E-state index in [1.54, 1.807) is 11.1 Å². The van der Waals surface area contributed by atoms with Crippen molar-refractivity contribution in [1.82, 2.24) is 4.98 Å². The number of carbonyl (C=O) groups is 1. The molecule has 0 N–H and O–H groups in total. The molecule has 0 saturated heterocycles. The molecular formula is C9H9BrN2O2. The number of fused-ring (bicyclic) bond motifs is 1. The maximum Gasteiger partial charge on any atom is 0.225 e. The summed E-state index contributed by atoms with van der Waals surface area (Å²) in [5, 5.41) is 0. The Morgan fingerprint density at radius 1 is 1.71 bits per heavy atom. The number of hydrogen-bond acceptors (Lipinski definition) is 3. The van der Waals surface area contributed by atoms with Gasteiger partial charge in [0, 0.05) is 17.6 Å². The Bertz CT molecular complexity index is 381. The van der Waals surface area contributed by atoms with E-state index >= 15 is 0 Å². The number of aromatic nitrogens is 1. The molecule has 0 fully saturated rings. The molecule has 0 unspecified atom stereocenters. The third kappa shape index (κ3) is 1.59. The topological polar surface area (TPSA) is 42.4 Å². The minimum Gasteiger partial charge on any atom is -0.488 e. The summed E-state index contributed by atoms with van der Waals surface area (Å²) < 4.78 is 6.25. The largest absolute Gasteiger partial charge is 0.488 e. The van der Waals surface area contributed by atoms with Crippen molar-refractivity contribution in [2.24, 2.45) is 0 Å². The lowest BCUT2D eigenvalue weighted by atomic mass is 10.3. The van der Waals surface area contributed by atoms with E-state index in [1.807, 2.05) is 6.07 Å². The number of amides is 1. The van der Waals surface area contributed by atoms with Crippen molar-refractivity contribution < 1.29 is 9.53 Å². The van der Waals surface area contributed by atoms with E-state index in [2.05, 4.69) is 20.9 Å². The van der Waals surface area contributed by atoms with E-state index in [1.165, 1.54) is 6.92 Å². The number of hydrogen-bond donors (Lipinski definition) is 0. The van der Waals surface area contributed by atoms with Crippen molar-refractivity contribution in [2.45, 2.75) is 6.92 Å². The summed E-state index contributed by atoms with van der Waals surface area (Å²) in [6, 6.07) is 1.82. The summed E-state index contributed by atoms with van der Waals surface area (Å²) in [6.45, 7) is 2.61. The van der Waals surface area contributed by atoms with Gasteiger partial charge >= 0.3 is 0 Å². The Hall–Kier alpha value is -1.10. The second-order valence-electron chi connectivity index (χ2n) is 2.99. The van der Waals surface area contributed by atoms with Crippen LogP contribution < -0.4 is 9.64 Å². The van der Waals surface area contributed by atoms with Gasteiger partial charge in [-0.05, 0) is 22.0 Å². The lowest BCUT2D eigenvalue weighted by Gasteiger charge is -2.27. The molecule has 1 aromatic heterocycles. The highest BCUT2D eigenvalue weighted by Crippen LogP contribution is 2.31. The average molecular weight is 257 g/mol. The third-order valence-corrected chi connectivity index (χ3v) is 2.44. The molecule has 0 saturated carbocycles. The molecule has 0 radical (unpaired) electrons. The molecule has 1 aliphatic heterocycles. The molecule has 0 bridgehead atoms. The SMILES string of the molecule is CC(=O)N1CCOc2cc(Br)cnc21. The van der Waals surface area contributed by atoms with Crippen LogP contribution >= 0.6 is 15.9 Å². The first-order valence-corrected chi connectivity index (χ1v) is 5.04. The summed E-state index contributed by atoms with van der Waals surface area (Å²) in [5.74, 6) is 1.25. The molecule has 2 rings (SSSR count). The van der Waals surface area contributed by atoms with Gasteiger partial charge in [-0.2, -0.15) is 0 Å². The van der Waals surface area contributed by atoms with Crippen molar-refractivity contribution >= 4 is 27.7 Å². The van der Waals surface area contributed by atoms with Crippen molar-refractivity contribution in [2.75, 3.05) is 18.1 Å². The molecule has 5 heteroatoms. The second-order valence-corrected chi connectivity index (χ2v) is 3.91. The molecule has 0 atom stereocenters. The summed E-state index contributed by atoms with van der Waals surface area (Å²) in [6.07, 6.45) is 1.66. The van der Waals surface area contributed by atoms with Crippen molar-refractivity contribution in [3.8, 4) is 5.75 Å².